The van der Waals surface area contributed by atoms with E-state index in [-0.39, 0.29) is 16.9 Å². The molecule has 0 radical (unpaired) electrons. The summed E-state index contributed by atoms with van der Waals surface area (Å²) in [5.74, 6) is 0. The molecule has 0 aliphatic heterocycles. The van der Waals surface area contributed by atoms with E-state index < -0.39 is 0 Å². The molecule has 2 aliphatic carbocycles. The van der Waals surface area contributed by atoms with Crippen LogP contribution in [0.2, 0.25) is 0 Å². The summed E-state index contributed by atoms with van der Waals surface area (Å²) < 4.78 is 0. The quantitative estimate of drug-likeness (QED) is 0.163. The van der Waals surface area contributed by atoms with Crippen LogP contribution in [-0.2, 0) is 5.41 Å². The third kappa shape index (κ3) is 8.54. The zero-order valence-electron chi connectivity index (χ0n) is 38.6. The van der Waals surface area contributed by atoms with Crippen LogP contribution >= 0.6 is 0 Å². The molecule has 0 saturated heterocycles. The lowest BCUT2D eigenvalue weighted by atomic mass is 9.62. The molecule has 0 N–H and O–H groups in total. The third-order valence-electron chi connectivity index (χ3n) is 13.0. The van der Waals surface area contributed by atoms with Crippen LogP contribution in [0.25, 0.3) is 27.8 Å². The Morgan fingerprint density at radius 1 is 0.525 bits per heavy atom. The number of rotatable bonds is 6. The molecule has 306 valence electrons. The molecule has 0 fully saturated rings. The molecule has 1 nitrogen and oxygen atoms in total. The Hall–Kier alpha value is -5.40. The summed E-state index contributed by atoms with van der Waals surface area (Å²) >= 11 is 0. The molecule has 0 spiro atoms. The highest BCUT2D eigenvalue weighted by Crippen LogP contribution is 2.62. The predicted molar refractivity (Wildman–Crippen MR) is 261 cm³/mol. The summed E-state index contributed by atoms with van der Waals surface area (Å²) in [6, 6.07) is 46.5. The van der Waals surface area contributed by atoms with Gasteiger partial charge in [-0.2, -0.15) is 0 Å². The fourth-order valence-corrected chi connectivity index (χ4v) is 9.44. The molecule has 0 amide bonds. The molecule has 1 heteroatoms. The normalized spacial score (nSPS) is 16.1. The maximum atomic E-state index is 2.45. The fraction of sp³-hybridized carbons (Fsp3) is 0.310. The van der Waals surface area contributed by atoms with Crippen LogP contribution in [0.5, 0.6) is 0 Å². The average Bonchev–Trinajstić information content (AvgIpc) is 3.43. The number of hydrogen-bond acceptors (Lipinski definition) is 1. The Bertz CT molecular complexity index is 2410. The van der Waals surface area contributed by atoms with E-state index in [1.807, 2.05) is 27.7 Å². The molecule has 59 heavy (non-hydrogen) atoms. The van der Waals surface area contributed by atoms with Crippen molar-refractivity contribution in [2.24, 2.45) is 5.41 Å². The molecule has 0 heterocycles. The molecule has 6 aromatic rings. The minimum atomic E-state index is 0.0937. The summed E-state index contributed by atoms with van der Waals surface area (Å²) in [6.07, 6.45) is 8.04. The zero-order chi connectivity index (χ0) is 43.1. The molecule has 2 unspecified atom stereocenters. The smallest absolute Gasteiger partial charge is 0.0563 e. The van der Waals surface area contributed by atoms with Crippen molar-refractivity contribution in [3.8, 4) is 22.3 Å². The van der Waals surface area contributed by atoms with E-state index in [1.165, 1.54) is 89.3 Å². The van der Waals surface area contributed by atoms with Gasteiger partial charge in [0.05, 0.1) is 6.04 Å². The van der Waals surface area contributed by atoms with Gasteiger partial charge in [-0.15, -0.1) is 0 Å². The topological polar surface area (TPSA) is 3.24 Å². The maximum absolute atomic E-state index is 2.45. The van der Waals surface area contributed by atoms with Crippen LogP contribution < -0.4 is 4.90 Å². The second-order valence-electron chi connectivity index (χ2n) is 16.7. The Balaban J connectivity index is 0.000000217. The summed E-state index contributed by atoms with van der Waals surface area (Å²) in [6.45, 7) is 31.0. The number of hydrogen-bond donors (Lipinski definition) is 0. The highest BCUT2D eigenvalue weighted by Gasteiger charge is 2.52. The van der Waals surface area contributed by atoms with Crippen LogP contribution in [0, 0.1) is 47.0 Å². The Morgan fingerprint density at radius 2 is 1.08 bits per heavy atom. The van der Waals surface area contributed by atoms with Crippen molar-refractivity contribution in [3.63, 3.8) is 0 Å². The van der Waals surface area contributed by atoms with Crippen molar-refractivity contribution in [1.29, 1.82) is 0 Å². The van der Waals surface area contributed by atoms with Gasteiger partial charge in [-0.3, -0.25) is 0 Å². The van der Waals surface area contributed by atoms with Gasteiger partial charge in [-0.05, 0) is 145 Å². The maximum Gasteiger partial charge on any atom is 0.0563 e. The van der Waals surface area contributed by atoms with Gasteiger partial charge in [0.15, 0.2) is 0 Å². The average molecular weight is 780 g/mol. The molecular formula is C58H69N. The van der Waals surface area contributed by atoms with E-state index in [2.05, 4.69) is 220 Å². The largest absolute Gasteiger partial charge is 0.334 e. The Kier molecular flexibility index (Phi) is 14.5. The van der Waals surface area contributed by atoms with E-state index >= 15 is 0 Å². The van der Waals surface area contributed by atoms with Gasteiger partial charge in [0.2, 0.25) is 0 Å². The molecule has 2 aliphatic rings. The Morgan fingerprint density at radius 3 is 1.73 bits per heavy atom. The number of anilines is 2. The van der Waals surface area contributed by atoms with Gasteiger partial charge in [0.25, 0.3) is 0 Å². The van der Waals surface area contributed by atoms with E-state index in [0.29, 0.717) is 0 Å². The van der Waals surface area contributed by atoms with E-state index in [0.717, 1.165) is 6.42 Å². The van der Waals surface area contributed by atoms with Crippen LogP contribution in [0.15, 0.2) is 146 Å². The number of para-hydroxylation sites is 2. The summed E-state index contributed by atoms with van der Waals surface area (Å²) in [5.41, 5.74) is 22.1. The lowest BCUT2D eigenvalue weighted by molar-refractivity contribution is 0.270. The van der Waals surface area contributed by atoms with Crippen molar-refractivity contribution in [2.75, 3.05) is 4.90 Å². The van der Waals surface area contributed by atoms with E-state index in [4.69, 9.17) is 0 Å². The molecule has 0 bridgehead atoms. The standard InChI is InChI=1S/C32H34.C22H23N.2C2H6/c1-20-12-8-9-13-24(20)29-21(2)15-16-25(22(29)3)26-17-18-27-28-14-10-11-19-32(28,7)31(5,6)30(27)23(26)4;1-17-13-15-20(16-14-17)19(3)23(21-10-5-4-6-11-21)22-12-8-7-9-18(22)2;2*1-2/h8-18H,19H2,1-7H3;4-16,19H,1-3H3;2*1-2H3. The van der Waals surface area contributed by atoms with Crippen molar-refractivity contribution >= 4 is 16.9 Å². The van der Waals surface area contributed by atoms with Gasteiger partial charge in [-0.1, -0.05) is 181 Å². The van der Waals surface area contributed by atoms with Crippen LogP contribution in [-0.4, -0.2) is 0 Å². The van der Waals surface area contributed by atoms with Gasteiger partial charge >= 0.3 is 0 Å². The highest BCUT2D eigenvalue weighted by molar-refractivity contribution is 5.89. The molecule has 6 aromatic carbocycles. The van der Waals surface area contributed by atoms with Gasteiger partial charge < -0.3 is 4.90 Å². The van der Waals surface area contributed by atoms with Crippen LogP contribution in [0.3, 0.4) is 0 Å². The molecule has 0 saturated carbocycles. The van der Waals surface area contributed by atoms with E-state index in [9.17, 15) is 0 Å². The predicted octanol–water partition coefficient (Wildman–Crippen LogP) is 17.2. The fourth-order valence-electron chi connectivity index (χ4n) is 9.44. The molecular weight excluding hydrogens is 711 g/mol. The summed E-state index contributed by atoms with van der Waals surface area (Å²) in [5, 5.41) is 0. The van der Waals surface area contributed by atoms with Crippen molar-refractivity contribution in [3.05, 3.63) is 196 Å². The van der Waals surface area contributed by atoms with Crippen LogP contribution in [0.4, 0.5) is 11.4 Å². The third-order valence-corrected chi connectivity index (χ3v) is 13.0. The number of nitrogens with zero attached hydrogens (tertiary/aromatic N) is 1. The van der Waals surface area contributed by atoms with E-state index in [1.54, 1.807) is 0 Å². The second-order valence-corrected chi connectivity index (χ2v) is 16.7. The molecule has 0 aromatic heterocycles. The molecule has 2 atom stereocenters. The molecule has 8 rings (SSSR count). The highest BCUT2D eigenvalue weighted by atomic mass is 15.2. The van der Waals surface area contributed by atoms with Gasteiger partial charge in [0, 0.05) is 22.2 Å². The van der Waals surface area contributed by atoms with Crippen molar-refractivity contribution < 1.29 is 0 Å². The first-order valence-corrected chi connectivity index (χ1v) is 22.0. The number of aryl methyl sites for hydroxylation is 4. The lowest BCUT2D eigenvalue weighted by Crippen LogP contribution is -2.35. The first-order valence-electron chi connectivity index (χ1n) is 22.0. The number of benzene rings is 6. The van der Waals surface area contributed by atoms with Crippen molar-refractivity contribution in [2.45, 2.75) is 115 Å². The first kappa shape index (κ1) is 44.7. The monoisotopic (exact) mass is 780 g/mol. The van der Waals surface area contributed by atoms with Gasteiger partial charge in [-0.25, -0.2) is 0 Å². The summed E-state index contributed by atoms with van der Waals surface area (Å²) in [7, 11) is 0. The minimum Gasteiger partial charge on any atom is -0.334 e. The van der Waals surface area contributed by atoms with Crippen molar-refractivity contribution in [1.82, 2.24) is 0 Å². The number of allylic oxidation sites excluding steroid dienone is 4. The van der Waals surface area contributed by atoms with Crippen LogP contribution in [0.1, 0.15) is 118 Å². The first-order chi connectivity index (χ1) is 28.3. The lowest BCUT2D eigenvalue weighted by Gasteiger charge is -2.41. The Labute approximate surface area is 358 Å². The van der Waals surface area contributed by atoms with Gasteiger partial charge in [0.1, 0.15) is 0 Å². The minimum absolute atomic E-state index is 0.0937. The summed E-state index contributed by atoms with van der Waals surface area (Å²) in [4.78, 5) is 2.42. The zero-order valence-corrected chi connectivity index (χ0v) is 38.6. The second kappa shape index (κ2) is 19.1. The SMILES string of the molecule is CC.CC.Cc1ccc(C(C)N(c2ccccc2)c2ccccc2C)cc1.Cc1ccccc1-c1c(C)ccc(-c2ccc3c(c2C)C(C)(C)C2(C)CC=CC=C32)c1C. The number of fused-ring (bicyclic) bond motifs is 3.